The van der Waals surface area contributed by atoms with Gasteiger partial charge in [-0.2, -0.15) is 0 Å². The van der Waals surface area contributed by atoms with E-state index in [0.717, 1.165) is 25.1 Å². The second-order valence-electron chi connectivity index (χ2n) is 5.39. The van der Waals surface area contributed by atoms with Gasteiger partial charge in [-0.1, -0.05) is 12.1 Å². The molecule has 0 aromatic heterocycles. The van der Waals surface area contributed by atoms with Gasteiger partial charge in [0, 0.05) is 12.8 Å². The molecule has 6 nitrogen and oxygen atoms in total. The quantitative estimate of drug-likeness (QED) is 0.612. The number of benzene rings is 1. The number of carbonyl (C=O) groups excluding carboxylic acids is 1. The van der Waals surface area contributed by atoms with Crippen molar-refractivity contribution in [3.05, 3.63) is 29.8 Å². The molecule has 1 fully saturated rings. The standard InChI is InChI=1S/C15H20N2O4/c18-12-3-1-10(2-4-12)7-13(15(20)21)17-14(19)8-11-5-6-16-9-11/h1-4,11,13,16,18H,5-9H2,(H,17,19)(H,20,21)/t11?,13-/m1/s1. The smallest absolute Gasteiger partial charge is 0.326 e. The van der Waals surface area contributed by atoms with Crippen molar-refractivity contribution in [1.82, 2.24) is 10.6 Å². The van der Waals surface area contributed by atoms with E-state index in [-0.39, 0.29) is 24.0 Å². The summed E-state index contributed by atoms with van der Waals surface area (Å²) in [5, 5.41) is 24.2. The largest absolute Gasteiger partial charge is 0.508 e. The van der Waals surface area contributed by atoms with Crippen LogP contribution in [0, 0.1) is 5.92 Å². The lowest BCUT2D eigenvalue weighted by Gasteiger charge is -2.16. The monoisotopic (exact) mass is 292 g/mol. The van der Waals surface area contributed by atoms with E-state index in [4.69, 9.17) is 0 Å². The van der Waals surface area contributed by atoms with Crippen LogP contribution in [0.5, 0.6) is 5.75 Å². The first-order valence-corrected chi connectivity index (χ1v) is 7.05. The van der Waals surface area contributed by atoms with Gasteiger partial charge in [0.05, 0.1) is 0 Å². The van der Waals surface area contributed by atoms with Crippen LogP contribution in [-0.4, -0.2) is 41.2 Å². The number of aliphatic carboxylic acids is 1. The van der Waals surface area contributed by atoms with E-state index in [9.17, 15) is 19.8 Å². The molecule has 1 aromatic carbocycles. The van der Waals surface area contributed by atoms with E-state index in [1.54, 1.807) is 12.1 Å². The maximum Gasteiger partial charge on any atom is 0.326 e. The van der Waals surface area contributed by atoms with E-state index in [1.165, 1.54) is 12.1 Å². The summed E-state index contributed by atoms with van der Waals surface area (Å²) in [6, 6.07) is 5.35. The molecule has 114 valence electrons. The topological polar surface area (TPSA) is 98.7 Å². The van der Waals surface area contributed by atoms with Gasteiger partial charge in [-0.25, -0.2) is 4.79 Å². The molecule has 0 aliphatic carbocycles. The van der Waals surface area contributed by atoms with Crippen molar-refractivity contribution < 1.29 is 19.8 Å². The first kappa shape index (κ1) is 15.3. The summed E-state index contributed by atoms with van der Waals surface area (Å²) < 4.78 is 0. The average molecular weight is 292 g/mol. The Kier molecular flexibility index (Phi) is 5.16. The van der Waals surface area contributed by atoms with Crippen molar-refractivity contribution in [2.24, 2.45) is 5.92 Å². The van der Waals surface area contributed by atoms with Gasteiger partial charge in [0.15, 0.2) is 0 Å². The van der Waals surface area contributed by atoms with E-state index >= 15 is 0 Å². The molecule has 2 atom stereocenters. The van der Waals surface area contributed by atoms with Crippen LogP contribution in [0.25, 0.3) is 0 Å². The van der Waals surface area contributed by atoms with E-state index < -0.39 is 12.0 Å². The molecule has 2 rings (SSSR count). The number of nitrogens with one attached hydrogen (secondary N) is 2. The molecule has 21 heavy (non-hydrogen) atoms. The number of amides is 1. The van der Waals surface area contributed by atoms with Crippen LogP contribution in [0.1, 0.15) is 18.4 Å². The Labute approximate surface area is 123 Å². The molecular formula is C15H20N2O4. The molecule has 1 saturated heterocycles. The minimum atomic E-state index is -1.05. The summed E-state index contributed by atoms with van der Waals surface area (Å²) in [4.78, 5) is 23.2. The van der Waals surface area contributed by atoms with Crippen molar-refractivity contribution in [2.75, 3.05) is 13.1 Å². The molecule has 6 heteroatoms. The Morgan fingerprint density at radius 2 is 2.05 bits per heavy atom. The highest BCUT2D eigenvalue weighted by Gasteiger charge is 2.23. The van der Waals surface area contributed by atoms with E-state index in [1.807, 2.05) is 0 Å². The molecule has 1 aromatic rings. The van der Waals surface area contributed by atoms with Crippen LogP contribution in [-0.2, 0) is 16.0 Å². The van der Waals surface area contributed by atoms with Crippen LogP contribution in [0.2, 0.25) is 0 Å². The second kappa shape index (κ2) is 7.08. The van der Waals surface area contributed by atoms with Gasteiger partial charge < -0.3 is 20.8 Å². The number of phenols is 1. The van der Waals surface area contributed by atoms with Crippen molar-refractivity contribution in [3.8, 4) is 5.75 Å². The fourth-order valence-electron chi connectivity index (χ4n) is 2.47. The van der Waals surface area contributed by atoms with Gasteiger partial charge in [-0.05, 0) is 43.1 Å². The Morgan fingerprint density at radius 1 is 1.33 bits per heavy atom. The highest BCUT2D eigenvalue weighted by atomic mass is 16.4. The molecule has 1 amide bonds. The number of rotatable bonds is 6. The molecule has 0 spiro atoms. The Morgan fingerprint density at radius 3 is 2.62 bits per heavy atom. The average Bonchev–Trinajstić information content (AvgIpc) is 2.93. The van der Waals surface area contributed by atoms with Crippen LogP contribution in [0.4, 0.5) is 0 Å². The number of hydrogen-bond donors (Lipinski definition) is 4. The maximum absolute atomic E-state index is 11.9. The summed E-state index contributed by atoms with van der Waals surface area (Å²) in [6.07, 6.45) is 1.50. The number of carboxylic acid groups (broad SMARTS) is 1. The Bertz CT molecular complexity index is 495. The molecule has 1 heterocycles. The van der Waals surface area contributed by atoms with Gasteiger partial charge in [0.1, 0.15) is 11.8 Å². The number of phenolic OH excluding ortho intramolecular Hbond substituents is 1. The third kappa shape index (κ3) is 4.75. The SMILES string of the molecule is O=C(CC1CCNC1)N[C@H](Cc1ccc(O)cc1)C(=O)O. The zero-order chi connectivity index (χ0) is 15.2. The van der Waals surface area contributed by atoms with Gasteiger partial charge >= 0.3 is 5.97 Å². The van der Waals surface area contributed by atoms with E-state index in [2.05, 4.69) is 10.6 Å². The second-order valence-corrected chi connectivity index (χ2v) is 5.39. The van der Waals surface area contributed by atoms with Crippen molar-refractivity contribution in [3.63, 3.8) is 0 Å². The number of carboxylic acids is 1. The molecule has 0 radical (unpaired) electrons. The zero-order valence-corrected chi connectivity index (χ0v) is 11.7. The predicted molar refractivity (Wildman–Crippen MR) is 77.0 cm³/mol. The number of hydrogen-bond acceptors (Lipinski definition) is 4. The number of carbonyl (C=O) groups is 2. The van der Waals surface area contributed by atoms with Gasteiger partial charge in [-0.3, -0.25) is 4.79 Å². The maximum atomic E-state index is 11.9. The highest BCUT2D eigenvalue weighted by molar-refractivity contribution is 5.83. The minimum Gasteiger partial charge on any atom is -0.508 e. The summed E-state index contributed by atoms with van der Waals surface area (Å²) >= 11 is 0. The lowest BCUT2D eigenvalue weighted by atomic mass is 10.0. The van der Waals surface area contributed by atoms with Gasteiger partial charge in [0.25, 0.3) is 0 Å². The summed E-state index contributed by atoms with van der Waals surface area (Å²) in [5.74, 6) is -0.868. The Hall–Kier alpha value is -2.08. The lowest BCUT2D eigenvalue weighted by molar-refractivity contribution is -0.141. The molecule has 4 N–H and O–H groups in total. The predicted octanol–water partition coefficient (Wildman–Crippen LogP) is 0.504. The number of aromatic hydroxyl groups is 1. The van der Waals surface area contributed by atoms with Crippen LogP contribution >= 0.6 is 0 Å². The first-order chi connectivity index (χ1) is 10.0. The molecule has 0 bridgehead atoms. The highest BCUT2D eigenvalue weighted by Crippen LogP contribution is 2.13. The fraction of sp³-hybridized carbons (Fsp3) is 0.467. The summed E-state index contributed by atoms with van der Waals surface area (Å²) in [7, 11) is 0. The summed E-state index contributed by atoms with van der Waals surface area (Å²) in [6.45, 7) is 1.72. The molecule has 1 unspecified atom stereocenters. The normalized spacial score (nSPS) is 19.1. The molecule has 1 aliphatic rings. The molecule has 1 aliphatic heterocycles. The first-order valence-electron chi connectivity index (χ1n) is 7.05. The molecular weight excluding hydrogens is 272 g/mol. The zero-order valence-electron chi connectivity index (χ0n) is 11.7. The lowest BCUT2D eigenvalue weighted by Crippen LogP contribution is -2.43. The third-order valence-electron chi connectivity index (χ3n) is 3.65. The fourth-order valence-corrected chi connectivity index (χ4v) is 2.47. The van der Waals surface area contributed by atoms with Gasteiger partial charge in [0.2, 0.25) is 5.91 Å². The summed E-state index contributed by atoms with van der Waals surface area (Å²) in [5.41, 5.74) is 0.753. The van der Waals surface area contributed by atoms with Crippen LogP contribution < -0.4 is 10.6 Å². The van der Waals surface area contributed by atoms with Crippen LogP contribution in [0.15, 0.2) is 24.3 Å². The molecule has 0 saturated carbocycles. The van der Waals surface area contributed by atoms with E-state index in [0.29, 0.717) is 6.42 Å². The van der Waals surface area contributed by atoms with Crippen LogP contribution in [0.3, 0.4) is 0 Å². The van der Waals surface area contributed by atoms with Crippen molar-refractivity contribution in [2.45, 2.75) is 25.3 Å². The van der Waals surface area contributed by atoms with Crippen molar-refractivity contribution in [1.29, 1.82) is 0 Å². The van der Waals surface area contributed by atoms with Gasteiger partial charge in [-0.15, -0.1) is 0 Å². The minimum absolute atomic E-state index is 0.128. The van der Waals surface area contributed by atoms with Crippen molar-refractivity contribution >= 4 is 11.9 Å². The Balaban J connectivity index is 1.90. The third-order valence-corrected chi connectivity index (χ3v) is 3.65.